The van der Waals surface area contributed by atoms with Gasteiger partial charge in [-0.05, 0) is 78.9 Å². The number of nitrogen functional groups attached to an aromatic ring is 1. The highest BCUT2D eigenvalue weighted by Crippen LogP contribution is 2.39. The van der Waals surface area contributed by atoms with Crippen molar-refractivity contribution in [3.8, 4) is 17.1 Å². The minimum absolute atomic E-state index is 0.0780. The number of pyridine rings is 2. The Morgan fingerprint density at radius 2 is 1.84 bits per heavy atom. The molecule has 0 aliphatic heterocycles. The van der Waals surface area contributed by atoms with Crippen molar-refractivity contribution in [1.29, 1.82) is 0 Å². The number of fused-ring (bicyclic) bond motifs is 1. The Hall–Kier alpha value is -4.01. The summed E-state index contributed by atoms with van der Waals surface area (Å²) in [6.45, 7) is 0. The fourth-order valence-corrected chi connectivity index (χ4v) is 5.15. The van der Waals surface area contributed by atoms with Crippen LogP contribution >= 0.6 is 0 Å². The summed E-state index contributed by atoms with van der Waals surface area (Å²) < 4.78 is 13.2. The van der Waals surface area contributed by atoms with Crippen LogP contribution in [0, 0.1) is 0 Å². The number of benzene rings is 1. The molecule has 8 nitrogen and oxygen atoms in total. The van der Waals surface area contributed by atoms with E-state index in [-0.39, 0.29) is 11.6 Å². The normalized spacial score (nSPS) is 18.7. The Bertz CT molecular complexity index is 1530. The van der Waals surface area contributed by atoms with E-state index in [1.54, 1.807) is 20.4 Å². The molecule has 0 bridgehead atoms. The van der Waals surface area contributed by atoms with Gasteiger partial charge in [0.15, 0.2) is 11.5 Å². The highest BCUT2D eigenvalue weighted by molar-refractivity contribution is 5.84. The average molecular weight is 495 g/mol. The van der Waals surface area contributed by atoms with Crippen molar-refractivity contribution in [1.82, 2.24) is 19.5 Å². The van der Waals surface area contributed by atoms with Crippen LogP contribution in [0.25, 0.3) is 33.8 Å². The molecule has 1 aromatic carbocycles. The largest absolute Gasteiger partial charge is 0.497 e. The van der Waals surface area contributed by atoms with Crippen LogP contribution in [0.4, 0.5) is 5.82 Å². The molecule has 1 atom stereocenters. The number of ether oxygens (including phenoxy) is 2. The fourth-order valence-electron chi connectivity index (χ4n) is 5.15. The lowest BCUT2D eigenvalue weighted by Gasteiger charge is -2.38. The molecular weight excluding hydrogens is 464 g/mol. The fraction of sp³-hybridized carbons (Fsp3) is 0.276. The minimum atomic E-state index is -0.227. The maximum Gasteiger partial charge on any atom is 0.165 e. The van der Waals surface area contributed by atoms with E-state index in [0.29, 0.717) is 18.1 Å². The molecule has 3 heterocycles. The summed E-state index contributed by atoms with van der Waals surface area (Å²) >= 11 is 0. The van der Waals surface area contributed by atoms with E-state index in [9.17, 15) is 0 Å². The highest BCUT2D eigenvalue weighted by Gasteiger charge is 2.34. The van der Waals surface area contributed by atoms with E-state index in [1.807, 2.05) is 41.0 Å². The Kier molecular flexibility index (Phi) is 5.78. The van der Waals surface area contributed by atoms with Crippen molar-refractivity contribution >= 4 is 22.6 Å². The van der Waals surface area contributed by atoms with E-state index < -0.39 is 0 Å². The Morgan fingerprint density at radius 1 is 1.03 bits per heavy atom. The molecule has 0 saturated heterocycles. The van der Waals surface area contributed by atoms with Gasteiger partial charge in [0.05, 0.1) is 24.5 Å². The lowest BCUT2D eigenvalue weighted by molar-refractivity contribution is 0.138. The molecule has 1 fully saturated rings. The zero-order valence-corrected chi connectivity index (χ0v) is 21.0. The first kappa shape index (κ1) is 23.4. The van der Waals surface area contributed by atoms with Crippen LogP contribution in [-0.2, 0) is 15.0 Å². The molecule has 3 aromatic heterocycles. The van der Waals surface area contributed by atoms with Gasteiger partial charge in [0.25, 0.3) is 0 Å². The van der Waals surface area contributed by atoms with E-state index in [2.05, 4.69) is 29.2 Å². The summed E-state index contributed by atoms with van der Waals surface area (Å²) in [6.07, 6.45) is 9.48. The van der Waals surface area contributed by atoms with Crippen LogP contribution in [0.5, 0.6) is 0 Å². The first-order valence-corrected chi connectivity index (χ1v) is 12.5. The average Bonchev–Trinajstić information content (AvgIpc) is 3.30. The van der Waals surface area contributed by atoms with E-state index >= 15 is 0 Å². The Balaban J connectivity index is 1.52. The van der Waals surface area contributed by atoms with Gasteiger partial charge in [-0.25, -0.2) is 15.0 Å². The molecule has 37 heavy (non-hydrogen) atoms. The number of nitrogens with two attached hydrogens (primary N) is 2. The number of methoxy groups -OCH3 is 2. The summed E-state index contributed by atoms with van der Waals surface area (Å²) in [5.41, 5.74) is 18.9. The molecule has 2 aliphatic carbocycles. The zero-order valence-electron chi connectivity index (χ0n) is 21.0. The molecule has 0 spiro atoms. The molecule has 188 valence electrons. The van der Waals surface area contributed by atoms with Crippen LogP contribution in [-0.4, -0.2) is 39.8 Å². The standard InChI is InChI=1S/C29H30N6O2/c1-36-21-15-18(16-22(17-21)37-2)24-10-11-25-28(33-24)35(27(34-25)23-5-3-14-32-26(23)30)20-8-6-19(7-9-20)29(31)12-4-13-29/h3,5-11,14-15,17,22H,4,12-13,16,31H2,1-2H3,(H2,30,32). The number of hydrogen-bond donors (Lipinski definition) is 2. The van der Waals surface area contributed by atoms with Crippen molar-refractivity contribution < 1.29 is 9.47 Å². The molecule has 8 heteroatoms. The van der Waals surface area contributed by atoms with Crippen molar-refractivity contribution in [2.45, 2.75) is 37.3 Å². The molecule has 0 radical (unpaired) electrons. The van der Waals surface area contributed by atoms with Crippen molar-refractivity contribution in [2.75, 3.05) is 20.0 Å². The third-order valence-electron chi connectivity index (χ3n) is 7.49. The first-order chi connectivity index (χ1) is 18.0. The van der Waals surface area contributed by atoms with Gasteiger partial charge >= 0.3 is 0 Å². The summed E-state index contributed by atoms with van der Waals surface area (Å²) in [6, 6.07) is 16.2. The lowest BCUT2D eigenvalue weighted by atomic mass is 9.73. The van der Waals surface area contributed by atoms with Gasteiger partial charge in [0.2, 0.25) is 0 Å². The third-order valence-corrected chi connectivity index (χ3v) is 7.49. The Morgan fingerprint density at radius 3 is 2.51 bits per heavy atom. The van der Waals surface area contributed by atoms with Gasteiger partial charge in [0.1, 0.15) is 17.1 Å². The molecule has 0 amide bonds. The van der Waals surface area contributed by atoms with Crippen molar-refractivity contribution in [3.05, 3.63) is 83.9 Å². The summed E-state index contributed by atoms with van der Waals surface area (Å²) in [7, 11) is 3.36. The quantitative estimate of drug-likeness (QED) is 0.398. The van der Waals surface area contributed by atoms with E-state index in [1.165, 1.54) is 6.42 Å². The topological polar surface area (TPSA) is 114 Å². The summed E-state index contributed by atoms with van der Waals surface area (Å²) in [4.78, 5) is 14.3. The molecule has 1 unspecified atom stereocenters. The SMILES string of the molecule is COC1=CC(OC)CC(c2ccc3nc(-c4cccnc4N)n(-c4ccc(C5(N)CCC5)cc4)c3n2)=C1. The van der Waals surface area contributed by atoms with Crippen LogP contribution in [0.15, 0.2) is 72.6 Å². The highest BCUT2D eigenvalue weighted by atomic mass is 16.5. The second-order valence-electron chi connectivity index (χ2n) is 9.72. The van der Waals surface area contributed by atoms with Crippen molar-refractivity contribution in [3.63, 3.8) is 0 Å². The maximum atomic E-state index is 6.58. The number of rotatable bonds is 6. The lowest BCUT2D eigenvalue weighted by Crippen LogP contribution is -2.43. The van der Waals surface area contributed by atoms with Gasteiger partial charge in [-0.15, -0.1) is 0 Å². The van der Waals surface area contributed by atoms with Gasteiger partial charge < -0.3 is 20.9 Å². The summed E-state index contributed by atoms with van der Waals surface area (Å²) in [5, 5.41) is 0. The minimum Gasteiger partial charge on any atom is -0.497 e. The maximum absolute atomic E-state index is 6.58. The predicted molar refractivity (Wildman–Crippen MR) is 145 cm³/mol. The predicted octanol–water partition coefficient (Wildman–Crippen LogP) is 4.74. The van der Waals surface area contributed by atoms with Crippen LogP contribution in [0.2, 0.25) is 0 Å². The number of imidazole rings is 1. The van der Waals surface area contributed by atoms with E-state index in [4.69, 9.17) is 30.9 Å². The number of hydrogen-bond acceptors (Lipinski definition) is 7. The third kappa shape index (κ3) is 4.08. The monoisotopic (exact) mass is 494 g/mol. The van der Waals surface area contributed by atoms with Crippen LogP contribution in [0.3, 0.4) is 0 Å². The van der Waals surface area contributed by atoms with Crippen LogP contribution < -0.4 is 11.5 Å². The molecule has 2 aliphatic rings. The van der Waals surface area contributed by atoms with Gasteiger partial charge in [-0.2, -0.15) is 0 Å². The first-order valence-electron chi connectivity index (χ1n) is 12.5. The van der Waals surface area contributed by atoms with Gasteiger partial charge in [-0.3, -0.25) is 4.57 Å². The molecular formula is C29H30N6O2. The molecule has 4 N–H and O–H groups in total. The smallest absolute Gasteiger partial charge is 0.165 e. The van der Waals surface area contributed by atoms with Crippen LogP contribution in [0.1, 0.15) is 36.9 Å². The second-order valence-corrected chi connectivity index (χ2v) is 9.72. The van der Waals surface area contributed by atoms with Crippen molar-refractivity contribution in [2.24, 2.45) is 5.73 Å². The molecule has 6 rings (SSSR count). The second kappa shape index (κ2) is 9.14. The number of aromatic nitrogens is 4. The Labute approximate surface area is 215 Å². The van der Waals surface area contributed by atoms with Gasteiger partial charge in [-0.1, -0.05) is 12.1 Å². The molecule has 1 saturated carbocycles. The summed E-state index contributed by atoms with van der Waals surface area (Å²) in [5.74, 6) is 1.86. The number of allylic oxidation sites excluding steroid dienone is 1. The number of nitrogens with zero attached hydrogens (tertiary/aromatic N) is 4. The molecule has 4 aromatic rings. The number of anilines is 1. The van der Waals surface area contributed by atoms with E-state index in [0.717, 1.165) is 57.8 Å². The van der Waals surface area contributed by atoms with Gasteiger partial charge in [0, 0.05) is 31.0 Å². The zero-order chi connectivity index (χ0) is 25.6.